The Kier molecular flexibility index (Phi) is 3.86. The molecule has 2 rings (SSSR count). The van der Waals surface area contributed by atoms with Crippen molar-refractivity contribution in [2.24, 2.45) is 0 Å². The molecule has 2 aromatic carbocycles. The molecule has 2 N–H and O–H groups in total. The van der Waals surface area contributed by atoms with Crippen LogP contribution in [0.25, 0.3) is 10.8 Å². The molecule has 0 fully saturated rings. The quantitative estimate of drug-likeness (QED) is 0.835. The molecule has 0 bridgehead atoms. The van der Waals surface area contributed by atoms with Gasteiger partial charge in [-0.1, -0.05) is 49.7 Å². The van der Waals surface area contributed by atoms with E-state index < -0.39 is 7.60 Å². The van der Waals surface area contributed by atoms with E-state index in [2.05, 4.69) is 6.92 Å². The summed E-state index contributed by atoms with van der Waals surface area (Å²) in [5, 5.41) is 1.74. The van der Waals surface area contributed by atoms with E-state index in [4.69, 9.17) is 0 Å². The summed E-state index contributed by atoms with van der Waals surface area (Å²) in [6.45, 7) is 2.07. The van der Waals surface area contributed by atoms with Gasteiger partial charge in [0.1, 0.15) is 0 Å². The van der Waals surface area contributed by atoms with Gasteiger partial charge in [-0.05, 0) is 29.2 Å². The number of benzene rings is 2. The van der Waals surface area contributed by atoms with Crippen molar-refractivity contribution in [1.29, 1.82) is 0 Å². The van der Waals surface area contributed by atoms with E-state index in [9.17, 15) is 14.4 Å². The SMILES string of the molecule is CCCCc1ccc2ccccc2c1P(=O)(O)O. The van der Waals surface area contributed by atoms with Crippen LogP contribution in [0.3, 0.4) is 0 Å². The largest absolute Gasteiger partial charge is 0.357 e. The normalized spacial score (nSPS) is 11.9. The Hall–Kier alpha value is -1.15. The first-order valence-electron chi connectivity index (χ1n) is 6.10. The zero-order valence-corrected chi connectivity index (χ0v) is 11.2. The molecular formula is C14H17O3P. The lowest BCUT2D eigenvalue weighted by Crippen LogP contribution is -2.12. The van der Waals surface area contributed by atoms with Crippen LogP contribution in [0.5, 0.6) is 0 Å². The van der Waals surface area contributed by atoms with Crippen LogP contribution >= 0.6 is 7.60 Å². The molecule has 96 valence electrons. The molecule has 0 aliphatic heterocycles. The minimum absolute atomic E-state index is 0.203. The molecule has 0 spiro atoms. The van der Waals surface area contributed by atoms with Crippen LogP contribution in [0.2, 0.25) is 0 Å². The molecule has 0 aliphatic carbocycles. The molecule has 18 heavy (non-hydrogen) atoms. The summed E-state index contributed by atoms with van der Waals surface area (Å²) in [6.07, 6.45) is 2.65. The van der Waals surface area contributed by atoms with E-state index in [1.54, 1.807) is 6.07 Å². The molecule has 0 aromatic heterocycles. The summed E-state index contributed by atoms with van der Waals surface area (Å²) >= 11 is 0. The maximum atomic E-state index is 11.7. The van der Waals surface area contributed by atoms with Gasteiger partial charge in [0, 0.05) is 0 Å². The summed E-state index contributed by atoms with van der Waals surface area (Å²) in [5.41, 5.74) is 0.767. The number of unbranched alkanes of at least 4 members (excludes halogenated alkanes) is 1. The van der Waals surface area contributed by atoms with Gasteiger partial charge in [-0.15, -0.1) is 0 Å². The van der Waals surface area contributed by atoms with Gasteiger partial charge in [-0.25, -0.2) is 0 Å². The average Bonchev–Trinajstić information content (AvgIpc) is 2.34. The van der Waals surface area contributed by atoms with Gasteiger partial charge in [0.2, 0.25) is 0 Å². The molecule has 0 radical (unpaired) electrons. The van der Waals surface area contributed by atoms with Crippen molar-refractivity contribution < 1.29 is 14.4 Å². The number of aryl methyl sites for hydroxylation is 1. The Labute approximate surface area is 107 Å². The second kappa shape index (κ2) is 5.23. The standard InChI is InChI=1S/C14H17O3P/c1-2-3-6-12-10-9-11-7-4-5-8-13(11)14(12)18(15,16)17/h4-5,7-10H,2-3,6H2,1H3,(H2,15,16,17). The minimum atomic E-state index is -4.24. The zero-order valence-electron chi connectivity index (χ0n) is 10.3. The van der Waals surface area contributed by atoms with Crippen molar-refractivity contribution in [3.63, 3.8) is 0 Å². The highest BCUT2D eigenvalue weighted by atomic mass is 31.2. The van der Waals surface area contributed by atoms with Gasteiger partial charge in [0.15, 0.2) is 0 Å². The van der Waals surface area contributed by atoms with Crippen molar-refractivity contribution in [3.05, 3.63) is 42.0 Å². The summed E-state index contributed by atoms with van der Waals surface area (Å²) < 4.78 is 11.7. The first kappa shape index (κ1) is 13.3. The molecule has 0 saturated heterocycles. The lowest BCUT2D eigenvalue weighted by Gasteiger charge is -2.14. The third-order valence-electron chi connectivity index (χ3n) is 3.08. The summed E-state index contributed by atoms with van der Waals surface area (Å²) in [4.78, 5) is 19.2. The van der Waals surface area contributed by atoms with E-state index in [0.717, 1.165) is 23.8 Å². The molecule has 0 atom stereocenters. The molecular weight excluding hydrogens is 247 g/mol. The fourth-order valence-electron chi connectivity index (χ4n) is 2.21. The zero-order chi connectivity index (χ0) is 13.2. The topological polar surface area (TPSA) is 57.5 Å². The van der Waals surface area contributed by atoms with Gasteiger partial charge in [0.05, 0.1) is 5.30 Å². The smallest absolute Gasteiger partial charge is 0.321 e. The molecule has 0 unspecified atom stereocenters. The second-order valence-corrected chi connectivity index (χ2v) is 5.98. The molecule has 4 heteroatoms. The van der Waals surface area contributed by atoms with E-state index in [1.165, 1.54) is 0 Å². The third-order valence-corrected chi connectivity index (χ3v) is 4.19. The van der Waals surface area contributed by atoms with Crippen LogP contribution in [0, 0.1) is 0 Å². The molecule has 0 aliphatic rings. The number of hydrogen-bond donors (Lipinski definition) is 2. The first-order chi connectivity index (χ1) is 8.54. The second-order valence-electron chi connectivity index (χ2n) is 4.44. The number of rotatable bonds is 4. The Morgan fingerprint density at radius 3 is 2.50 bits per heavy atom. The molecule has 2 aromatic rings. The van der Waals surface area contributed by atoms with Gasteiger partial charge < -0.3 is 9.79 Å². The van der Waals surface area contributed by atoms with Crippen molar-refractivity contribution in [3.8, 4) is 0 Å². The highest BCUT2D eigenvalue weighted by Crippen LogP contribution is 2.38. The van der Waals surface area contributed by atoms with Gasteiger partial charge >= 0.3 is 7.60 Å². The monoisotopic (exact) mass is 264 g/mol. The van der Waals surface area contributed by atoms with Crippen molar-refractivity contribution in [2.45, 2.75) is 26.2 Å². The fourth-order valence-corrected chi connectivity index (χ4v) is 3.29. The van der Waals surface area contributed by atoms with E-state index in [0.29, 0.717) is 11.8 Å². The number of hydrogen-bond acceptors (Lipinski definition) is 1. The molecule has 0 saturated carbocycles. The van der Waals surface area contributed by atoms with Crippen LogP contribution in [-0.4, -0.2) is 9.79 Å². The van der Waals surface area contributed by atoms with Crippen LogP contribution in [0.1, 0.15) is 25.3 Å². The van der Waals surface area contributed by atoms with Crippen LogP contribution in [0.4, 0.5) is 0 Å². The summed E-state index contributed by atoms with van der Waals surface area (Å²) in [7, 11) is -4.24. The van der Waals surface area contributed by atoms with Crippen molar-refractivity contribution >= 4 is 23.7 Å². The molecule has 3 nitrogen and oxygen atoms in total. The Bertz CT molecular complexity index is 601. The van der Waals surface area contributed by atoms with E-state index in [-0.39, 0.29) is 5.30 Å². The first-order valence-corrected chi connectivity index (χ1v) is 7.72. The Balaban J connectivity index is 2.67. The average molecular weight is 264 g/mol. The molecule has 0 heterocycles. The maximum absolute atomic E-state index is 11.7. The minimum Gasteiger partial charge on any atom is -0.321 e. The van der Waals surface area contributed by atoms with E-state index >= 15 is 0 Å². The predicted molar refractivity (Wildman–Crippen MR) is 74.2 cm³/mol. The Morgan fingerprint density at radius 2 is 1.83 bits per heavy atom. The fraction of sp³-hybridized carbons (Fsp3) is 0.286. The van der Waals surface area contributed by atoms with Gasteiger partial charge in [-0.2, -0.15) is 0 Å². The lowest BCUT2D eigenvalue weighted by molar-refractivity contribution is 0.387. The lowest BCUT2D eigenvalue weighted by atomic mass is 10.0. The summed E-state index contributed by atoms with van der Waals surface area (Å²) in [5.74, 6) is 0. The van der Waals surface area contributed by atoms with Crippen LogP contribution in [-0.2, 0) is 11.0 Å². The van der Waals surface area contributed by atoms with Gasteiger partial charge in [0.25, 0.3) is 0 Å². The predicted octanol–water partition coefficient (Wildman–Crippen LogP) is 2.99. The van der Waals surface area contributed by atoms with Crippen LogP contribution < -0.4 is 5.30 Å². The summed E-state index contributed by atoms with van der Waals surface area (Å²) in [6, 6.07) is 11.1. The maximum Gasteiger partial charge on any atom is 0.357 e. The highest BCUT2D eigenvalue weighted by Gasteiger charge is 2.23. The van der Waals surface area contributed by atoms with Crippen molar-refractivity contribution in [2.75, 3.05) is 0 Å². The van der Waals surface area contributed by atoms with E-state index in [1.807, 2.05) is 30.3 Å². The van der Waals surface area contributed by atoms with Crippen LogP contribution in [0.15, 0.2) is 36.4 Å². The molecule has 0 amide bonds. The highest BCUT2D eigenvalue weighted by molar-refractivity contribution is 7.61. The third kappa shape index (κ3) is 2.64. The number of fused-ring (bicyclic) bond motifs is 1. The van der Waals surface area contributed by atoms with Gasteiger partial charge in [-0.3, -0.25) is 4.57 Å². The Morgan fingerprint density at radius 1 is 1.11 bits per heavy atom. The van der Waals surface area contributed by atoms with Crippen molar-refractivity contribution in [1.82, 2.24) is 0 Å².